The first-order chi connectivity index (χ1) is 7.42. The third-order valence-electron chi connectivity index (χ3n) is 2.08. The molecule has 15 heavy (non-hydrogen) atoms. The zero-order valence-electron chi connectivity index (χ0n) is 8.08. The zero-order valence-corrected chi connectivity index (χ0v) is 9.79. The summed E-state index contributed by atoms with van der Waals surface area (Å²) >= 11 is 5.14. The fraction of sp³-hybridized carbons (Fsp3) is 0. The Morgan fingerprint density at radius 2 is 1.13 bits per heavy atom. The van der Waals surface area contributed by atoms with Gasteiger partial charge in [-0.25, -0.2) is 0 Å². The Hall–Kier alpha value is -1.24. The van der Waals surface area contributed by atoms with Crippen LogP contribution in [0.1, 0.15) is 0 Å². The molecule has 0 radical (unpaired) electrons. The Balaban J connectivity index is 2.38. The van der Waals surface area contributed by atoms with Crippen LogP contribution in [0.15, 0.2) is 60.7 Å². The molecule has 3 heteroatoms. The van der Waals surface area contributed by atoms with Gasteiger partial charge in [0.2, 0.25) is 0 Å². The second kappa shape index (κ2) is 5.01. The average molecular weight is 231 g/mol. The van der Waals surface area contributed by atoms with Gasteiger partial charge in [0, 0.05) is 0 Å². The Kier molecular flexibility index (Phi) is 3.44. The van der Waals surface area contributed by atoms with Crippen LogP contribution in [0.5, 0.6) is 0 Å². The van der Waals surface area contributed by atoms with Crippen LogP contribution < -0.4 is 4.67 Å². The number of hydrogen-bond acceptors (Lipinski definition) is 1. The van der Waals surface area contributed by atoms with Crippen LogP contribution in [-0.2, 0) is 11.8 Å². The smallest absolute Gasteiger partial charge is 0.0985 e. The Morgan fingerprint density at radius 1 is 0.733 bits per heavy atom. The average Bonchev–Trinajstić information content (AvgIpc) is 2.33. The van der Waals surface area contributed by atoms with E-state index in [-0.39, 0.29) is 0 Å². The van der Waals surface area contributed by atoms with Crippen molar-refractivity contribution >= 4 is 30.7 Å². The highest BCUT2D eigenvalue weighted by Gasteiger charge is 2.04. The molecule has 0 spiro atoms. The van der Waals surface area contributed by atoms with Crippen molar-refractivity contribution < 1.29 is 0 Å². The first kappa shape index (κ1) is 10.3. The van der Waals surface area contributed by atoms with E-state index in [1.165, 1.54) is 0 Å². The van der Waals surface area contributed by atoms with E-state index >= 15 is 0 Å². The maximum Gasteiger partial charge on any atom is 0.0985 e. The van der Waals surface area contributed by atoms with Gasteiger partial charge in [-0.1, -0.05) is 36.4 Å². The van der Waals surface area contributed by atoms with Gasteiger partial charge < -0.3 is 0 Å². The van der Waals surface area contributed by atoms with Crippen LogP contribution >= 0.6 is 7.51 Å². The summed E-state index contributed by atoms with van der Waals surface area (Å²) in [6.45, 7) is 0. The molecule has 0 amide bonds. The molecular formula is C12H10NPS. The molecule has 0 aliphatic heterocycles. The van der Waals surface area contributed by atoms with E-state index in [0.29, 0.717) is 0 Å². The standard InChI is InChI=1S/C12H10NPS/c15-14-13(11-7-3-1-4-8-11)12-9-5-2-6-10-12/h1-10H. The molecule has 2 aromatic rings. The summed E-state index contributed by atoms with van der Waals surface area (Å²) in [5, 5.41) is 0. The van der Waals surface area contributed by atoms with Crippen LogP contribution in [-0.4, -0.2) is 0 Å². The van der Waals surface area contributed by atoms with Gasteiger partial charge >= 0.3 is 0 Å². The van der Waals surface area contributed by atoms with Crippen molar-refractivity contribution in [1.82, 2.24) is 0 Å². The molecular weight excluding hydrogens is 221 g/mol. The van der Waals surface area contributed by atoms with E-state index < -0.39 is 0 Å². The second-order valence-corrected chi connectivity index (χ2v) is 4.12. The quantitative estimate of drug-likeness (QED) is 0.730. The van der Waals surface area contributed by atoms with Crippen molar-refractivity contribution in [3.05, 3.63) is 60.7 Å². The van der Waals surface area contributed by atoms with Crippen LogP contribution in [0.2, 0.25) is 0 Å². The largest absolute Gasteiger partial charge is 0.284 e. The molecule has 0 aliphatic rings. The summed E-state index contributed by atoms with van der Waals surface area (Å²) in [5.41, 5.74) is 2.25. The molecule has 0 N–H and O–H groups in total. The maximum absolute atomic E-state index is 5.14. The number of rotatable bonds is 3. The number of benzene rings is 2. The number of para-hydroxylation sites is 2. The van der Waals surface area contributed by atoms with Gasteiger partial charge in [-0.3, -0.25) is 4.67 Å². The van der Waals surface area contributed by atoms with Gasteiger partial charge in [0.1, 0.15) is 0 Å². The molecule has 2 rings (SSSR count). The molecule has 2 aromatic carbocycles. The summed E-state index contributed by atoms with van der Waals surface area (Å²) < 4.78 is 2.08. The monoisotopic (exact) mass is 231 g/mol. The summed E-state index contributed by atoms with van der Waals surface area (Å²) in [7, 11) is 0.807. The van der Waals surface area contributed by atoms with E-state index in [1.54, 1.807) is 0 Å². The summed E-state index contributed by atoms with van der Waals surface area (Å²) in [5.74, 6) is 0. The minimum Gasteiger partial charge on any atom is -0.284 e. The van der Waals surface area contributed by atoms with Crippen LogP contribution in [0, 0.1) is 0 Å². The highest BCUT2D eigenvalue weighted by atomic mass is 32.4. The normalized spacial score (nSPS) is 10.1. The van der Waals surface area contributed by atoms with Gasteiger partial charge in [-0.05, 0) is 36.1 Å². The number of nitrogens with zero attached hydrogens (tertiary/aromatic N) is 1. The molecule has 0 heterocycles. The van der Waals surface area contributed by atoms with Crippen LogP contribution in [0.3, 0.4) is 0 Å². The van der Waals surface area contributed by atoms with Crippen molar-refractivity contribution in [2.45, 2.75) is 0 Å². The Labute approximate surface area is 96.3 Å². The molecule has 0 fully saturated rings. The van der Waals surface area contributed by atoms with E-state index in [9.17, 15) is 0 Å². The van der Waals surface area contributed by atoms with Gasteiger partial charge in [-0.2, -0.15) is 0 Å². The highest BCUT2D eigenvalue weighted by Crippen LogP contribution is 2.30. The molecule has 74 valence electrons. The predicted octanol–water partition coefficient (Wildman–Crippen LogP) is 4.15. The molecule has 0 saturated carbocycles. The molecule has 1 nitrogen and oxygen atoms in total. The molecule has 0 aliphatic carbocycles. The number of anilines is 2. The Bertz CT molecular complexity index is 390. The highest BCUT2D eigenvalue weighted by molar-refractivity contribution is 7.97. The van der Waals surface area contributed by atoms with Crippen molar-refractivity contribution in [3.8, 4) is 0 Å². The summed E-state index contributed by atoms with van der Waals surface area (Å²) in [6.07, 6.45) is 0. The maximum atomic E-state index is 5.14. The lowest BCUT2D eigenvalue weighted by molar-refractivity contribution is 1.43. The first-order valence-electron chi connectivity index (χ1n) is 4.65. The van der Waals surface area contributed by atoms with Crippen molar-refractivity contribution in [1.29, 1.82) is 0 Å². The van der Waals surface area contributed by atoms with Gasteiger partial charge in [-0.15, -0.1) is 0 Å². The minimum absolute atomic E-state index is 0.807. The second-order valence-electron chi connectivity index (χ2n) is 3.06. The third-order valence-corrected chi connectivity index (χ3v) is 3.20. The van der Waals surface area contributed by atoms with Crippen LogP contribution in [0.4, 0.5) is 11.4 Å². The summed E-state index contributed by atoms with van der Waals surface area (Å²) in [6, 6.07) is 20.3. The van der Waals surface area contributed by atoms with E-state index in [4.69, 9.17) is 11.8 Å². The van der Waals surface area contributed by atoms with E-state index in [1.807, 2.05) is 36.4 Å². The van der Waals surface area contributed by atoms with Crippen molar-refractivity contribution in [2.75, 3.05) is 4.67 Å². The fourth-order valence-corrected chi connectivity index (χ4v) is 2.40. The third kappa shape index (κ3) is 2.41. The molecule has 0 unspecified atom stereocenters. The predicted molar refractivity (Wildman–Crippen MR) is 69.3 cm³/mol. The SMILES string of the molecule is S=PN(c1ccccc1)c1ccccc1. The van der Waals surface area contributed by atoms with Gasteiger partial charge in [0.25, 0.3) is 0 Å². The Morgan fingerprint density at radius 3 is 1.47 bits per heavy atom. The van der Waals surface area contributed by atoms with Gasteiger partial charge in [0.15, 0.2) is 0 Å². The molecule has 0 saturated heterocycles. The summed E-state index contributed by atoms with van der Waals surface area (Å²) in [4.78, 5) is 0. The molecule has 0 bridgehead atoms. The van der Waals surface area contributed by atoms with Crippen molar-refractivity contribution in [3.63, 3.8) is 0 Å². The van der Waals surface area contributed by atoms with Gasteiger partial charge in [0.05, 0.1) is 18.9 Å². The van der Waals surface area contributed by atoms with E-state index in [2.05, 4.69) is 28.9 Å². The molecule has 0 atom stereocenters. The van der Waals surface area contributed by atoms with E-state index in [0.717, 1.165) is 18.9 Å². The topological polar surface area (TPSA) is 3.24 Å². The first-order valence-corrected chi connectivity index (χ1v) is 6.51. The molecule has 0 aromatic heterocycles. The lowest BCUT2D eigenvalue weighted by Gasteiger charge is -2.17. The minimum atomic E-state index is 0.807. The lowest BCUT2D eigenvalue weighted by atomic mass is 10.3. The number of hydrogen-bond donors (Lipinski definition) is 0. The van der Waals surface area contributed by atoms with Crippen LogP contribution in [0.25, 0.3) is 0 Å². The fourth-order valence-electron chi connectivity index (χ4n) is 1.38. The zero-order chi connectivity index (χ0) is 10.5. The van der Waals surface area contributed by atoms with Crippen molar-refractivity contribution in [2.24, 2.45) is 0 Å². The lowest BCUT2D eigenvalue weighted by Crippen LogP contribution is -2.00.